The lowest BCUT2D eigenvalue weighted by Crippen LogP contribution is -2.16. The predicted molar refractivity (Wildman–Crippen MR) is 247 cm³/mol. The molecule has 58 heavy (non-hydrogen) atoms. The molecule has 0 amide bonds. The number of benzene rings is 5. The van der Waals surface area contributed by atoms with E-state index in [1.165, 1.54) is 33.4 Å². The van der Waals surface area contributed by atoms with Gasteiger partial charge in [-0.25, -0.2) is 4.98 Å². The zero-order valence-electron chi connectivity index (χ0n) is 36.9. The number of phenols is 1. The predicted octanol–water partition coefficient (Wildman–Crippen LogP) is 14.9. The Hall–Kier alpha value is -5.48. The van der Waals surface area contributed by atoms with Crippen molar-refractivity contribution in [1.82, 2.24) is 14.5 Å². The number of rotatable bonds is 7. The summed E-state index contributed by atoms with van der Waals surface area (Å²) < 4.78 is 2.31. The van der Waals surface area contributed by atoms with Crippen LogP contribution in [0.5, 0.6) is 5.75 Å². The largest absolute Gasteiger partial charge is 0.507 e. The fraction of sp³-hybridized carbons (Fsp3) is 0.333. The van der Waals surface area contributed by atoms with Gasteiger partial charge in [-0.3, -0.25) is 9.55 Å². The maximum absolute atomic E-state index is 11.4. The molecule has 4 nitrogen and oxygen atoms in total. The van der Waals surface area contributed by atoms with E-state index in [2.05, 4.69) is 180 Å². The molecule has 0 aliphatic heterocycles. The van der Waals surface area contributed by atoms with E-state index in [4.69, 9.17) is 9.97 Å². The Morgan fingerprint density at radius 1 is 0.517 bits per heavy atom. The molecular formula is C54H61N3O. The lowest BCUT2D eigenvalue weighted by atomic mass is 9.78. The quantitative estimate of drug-likeness (QED) is 0.176. The van der Waals surface area contributed by atoms with Crippen LogP contribution in [0.4, 0.5) is 0 Å². The molecule has 0 atom stereocenters. The molecule has 0 saturated carbocycles. The van der Waals surface area contributed by atoms with Gasteiger partial charge in [0.05, 0.1) is 28.0 Å². The third-order valence-electron chi connectivity index (χ3n) is 11.6. The Balaban J connectivity index is 1.59. The first kappa shape index (κ1) is 40.7. The molecule has 0 aliphatic rings. The Labute approximate surface area is 347 Å². The molecule has 0 bridgehead atoms. The van der Waals surface area contributed by atoms with Gasteiger partial charge in [0.25, 0.3) is 0 Å². The number of hydrogen-bond acceptors (Lipinski definition) is 3. The summed E-state index contributed by atoms with van der Waals surface area (Å²) in [5, 5.41) is 11.4. The van der Waals surface area contributed by atoms with Gasteiger partial charge in [0.2, 0.25) is 0 Å². The van der Waals surface area contributed by atoms with E-state index in [0.717, 1.165) is 50.5 Å². The van der Waals surface area contributed by atoms with Gasteiger partial charge in [0.15, 0.2) is 0 Å². The molecule has 0 unspecified atom stereocenters. The monoisotopic (exact) mass is 767 g/mol. The van der Waals surface area contributed by atoms with Gasteiger partial charge >= 0.3 is 0 Å². The normalized spacial score (nSPS) is 12.6. The third-order valence-corrected chi connectivity index (χ3v) is 11.6. The third kappa shape index (κ3) is 7.86. The van der Waals surface area contributed by atoms with Crippen molar-refractivity contribution >= 4 is 11.0 Å². The van der Waals surface area contributed by atoms with Crippen molar-refractivity contribution in [3.05, 3.63) is 143 Å². The standard InChI is InChI=1S/C54H61N3O/c1-33(2)42-19-16-20-43(34(3)4)50(42)57-47-22-17-21-44(49(47)56-51(57)45-18-14-15-23-48(45)58)37-26-35(27-38(28-37)46-32-39(24-25-55-46)52(5,6)7)36-29-40(53(8,9)10)31-41(30-36)54(11,12)13/h14-34,58H,1-13H3. The van der Waals surface area contributed by atoms with Crippen molar-refractivity contribution in [1.29, 1.82) is 0 Å². The van der Waals surface area contributed by atoms with Crippen LogP contribution in [0.3, 0.4) is 0 Å². The van der Waals surface area contributed by atoms with Crippen LogP contribution in [0.1, 0.15) is 130 Å². The molecule has 7 rings (SSSR count). The van der Waals surface area contributed by atoms with E-state index >= 15 is 0 Å². The van der Waals surface area contributed by atoms with Crippen LogP contribution in [0.2, 0.25) is 0 Å². The number of phenolic OH excluding ortho intramolecular Hbond substituents is 1. The molecule has 7 aromatic rings. The lowest BCUT2D eigenvalue weighted by molar-refractivity contribution is 0.477. The molecule has 298 valence electrons. The Morgan fingerprint density at radius 2 is 1.05 bits per heavy atom. The summed E-state index contributed by atoms with van der Waals surface area (Å²) in [4.78, 5) is 10.5. The van der Waals surface area contributed by atoms with Crippen LogP contribution < -0.4 is 0 Å². The highest BCUT2D eigenvalue weighted by Crippen LogP contribution is 2.43. The fourth-order valence-corrected chi connectivity index (χ4v) is 7.98. The van der Waals surface area contributed by atoms with Gasteiger partial charge in [-0.05, 0) is 121 Å². The summed E-state index contributed by atoms with van der Waals surface area (Å²) in [6.45, 7) is 29.5. The molecule has 0 saturated heterocycles. The number of aromatic nitrogens is 3. The molecule has 2 heterocycles. The second kappa shape index (κ2) is 15.0. The number of imidazole rings is 1. The zero-order chi connectivity index (χ0) is 41.9. The maximum Gasteiger partial charge on any atom is 0.149 e. The second-order valence-electron chi connectivity index (χ2n) is 19.8. The van der Waals surface area contributed by atoms with Gasteiger partial charge in [-0.1, -0.05) is 151 Å². The first-order valence-corrected chi connectivity index (χ1v) is 20.9. The molecule has 4 heteroatoms. The van der Waals surface area contributed by atoms with Crippen LogP contribution in [0, 0.1) is 0 Å². The number of nitrogens with zero attached hydrogens (tertiary/aromatic N) is 3. The average Bonchev–Trinajstić information content (AvgIpc) is 3.55. The van der Waals surface area contributed by atoms with E-state index in [0.29, 0.717) is 5.56 Å². The highest BCUT2D eigenvalue weighted by Gasteiger charge is 2.26. The minimum Gasteiger partial charge on any atom is -0.507 e. The first-order chi connectivity index (χ1) is 27.2. The van der Waals surface area contributed by atoms with Gasteiger partial charge in [-0.15, -0.1) is 0 Å². The summed E-state index contributed by atoms with van der Waals surface area (Å²) in [5.74, 6) is 1.46. The van der Waals surface area contributed by atoms with Crippen molar-refractivity contribution in [2.45, 2.75) is 118 Å². The highest BCUT2D eigenvalue weighted by molar-refractivity contribution is 5.98. The Kier molecular flexibility index (Phi) is 10.6. The van der Waals surface area contributed by atoms with E-state index in [-0.39, 0.29) is 33.8 Å². The van der Waals surface area contributed by atoms with E-state index in [1.807, 2.05) is 24.4 Å². The number of aromatic hydroxyl groups is 1. The minimum absolute atomic E-state index is 0.0281. The summed E-state index contributed by atoms with van der Waals surface area (Å²) in [6.07, 6.45) is 1.94. The minimum atomic E-state index is -0.0298. The van der Waals surface area contributed by atoms with Gasteiger partial charge < -0.3 is 5.11 Å². The van der Waals surface area contributed by atoms with E-state index in [1.54, 1.807) is 6.07 Å². The van der Waals surface area contributed by atoms with E-state index < -0.39 is 0 Å². The van der Waals surface area contributed by atoms with Gasteiger partial charge in [-0.2, -0.15) is 0 Å². The van der Waals surface area contributed by atoms with Crippen LogP contribution in [0.15, 0.2) is 115 Å². The Morgan fingerprint density at radius 3 is 1.64 bits per heavy atom. The SMILES string of the molecule is CC(C)c1cccc(C(C)C)c1-n1c(-c2ccccc2O)nc2c(-c3cc(-c4cc(C(C)(C)C)cc(C(C)(C)C)c4)cc(-c4cc(C(C)(C)C)ccn4)c3)cccc21. The fourth-order valence-electron chi connectivity index (χ4n) is 7.98. The van der Waals surface area contributed by atoms with Crippen molar-refractivity contribution in [2.24, 2.45) is 0 Å². The topological polar surface area (TPSA) is 50.9 Å². The van der Waals surface area contributed by atoms with Crippen molar-refractivity contribution in [3.8, 4) is 56.3 Å². The summed E-state index contributed by atoms with van der Waals surface area (Å²) in [5.41, 5.74) is 16.4. The number of para-hydroxylation sites is 3. The highest BCUT2D eigenvalue weighted by atomic mass is 16.3. The molecular weight excluding hydrogens is 707 g/mol. The van der Waals surface area contributed by atoms with Crippen molar-refractivity contribution in [3.63, 3.8) is 0 Å². The first-order valence-electron chi connectivity index (χ1n) is 20.9. The zero-order valence-corrected chi connectivity index (χ0v) is 36.9. The number of pyridine rings is 1. The van der Waals surface area contributed by atoms with Crippen LogP contribution in [-0.4, -0.2) is 19.6 Å². The second-order valence-corrected chi connectivity index (χ2v) is 19.8. The van der Waals surface area contributed by atoms with Crippen molar-refractivity contribution in [2.75, 3.05) is 0 Å². The van der Waals surface area contributed by atoms with Crippen LogP contribution in [-0.2, 0) is 16.2 Å². The van der Waals surface area contributed by atoms with E-state index in [9.17, 15) is 5.11 Å². The average molecular weight is 768 g/mol. The molecule has 0 fully saturated rings. The Bertz CT molecular complexity index is 2580. The summed E-state index contributed by atoms with van der Waals surface area (Å²) >= 11 is 0. The van der Waals surface area contributed by atoms with Gasteiger partial charge in [0.1, 0.15) is 11.6 Å². The summed E-state index contributed by atoms with van der Waals surface area (Å²) in [7, 11) is 0. The van der Waals surface area contributed by atoms with Crippen LogP contribution in [0.25, 0.3) is 61.6 Å². The molecule has 0 radical (unpaired) electrons. The number of hydrogen-bond donors (Lipinski definition) is 1. The molecule has 2 aromatic heterocycles. The molecule has 0 spiro atoms. The smallest absolute Gasteiger partial charge is 0.149 e. The molecule has 5 aromatic carbocycles. The van der Waals surface area contributed by atoms with Gasteiger partial charge in [0, 0.05) is 17.3 Å². The van der Waals surface area contributed by atoms with Crippen LogP contribution >= 0.6 is 0 Å². The van der Waals surface area contributed by atoms with Crippen molar-refractivity contribution < 1.29 is 5.11 Å². The maximum atomic E-state index is 11.4. The number of fused-ring (bicyclic) bond motifs is 1. The molecule has 0 aliphatic carbocycles. The summed E-state index contributed by atoms with van der Waals surface area (Å²) in [6, 6.07) is 39.2. The lowest BCUT2D eigenvalue weighted by Gasteiger charge is -2.26. The molecule has 1 N–H and O–H groups in total.